The number of aryl methyl sites for hydroxylation is 1. The van der Waals surface area contributed by atoms with Crippen LogP contribution in [0.3, 0.4) is 0 Å². The standard InChI is InChI=1S/C15H12ClN5O.C10H6N4O/c1-9-6-12(16)19-14(18-9)21-15(22)20-13-7-10-4-2-3-5-11(10)8-17-13;11-14-13-10(15)9-5-7-3-1-2-4-8(7)6-12-9/h2-8H,1H3,(H2,17,18,19,20,21,22);1-6H. The van der Waals surface area contributed by atoms with Gasteiger partial charge in [-0.2, -0.15) is 0 Å². The number of nitrogens with zero attached hydrogens (tertiary/aromatic N) is 7. The number of fused-ring (bicyclic) bond motifs is 2. The molecule has 182 valence electrons. The first kappa shape index (κ1) is 25.0. The second-order valence-electron chi connectivity index (χ2n) is 7.56. The number of anilines is 2. The molecule has 0 aliphatic rings. The number of benzene rings is 2. The molecule has 0 spiro atoms. The molecule has 5 aromatic rings. The number of carbonyl (C=O) groups is 2. The molecule has 0 radical (unpaired) electrons. The Bertz CT molecular complexity index is 1650. The molecule has 12 heteroatoms. The summed E-state index contributed by atoms with van der Waals surface area (Å²) in [6, 6.07) is 19.8. The van der Waals surface area contributed by atoms with Crippen LogP contribution in [0.15, 0.2) is 84.2 Å². The quantitative estimate of drug-likeness (QED) is 0.125. The molecular weight excluding hydrogens is 494 g/mol. The number of pyridine rings is 2. The van der Waals surface area contributed by atoms with Gasteiger partial charge in [-0.3, -0.25) is 20.4 Å². The maximum atomic E-state index is 12.0. The van der Waals surface area contributed by atoms with Crippen LogP contribution >= 0.6 is 11.6 Å². The fourth-order valence-electron chi connectivity index (χ4n) is 3.28. The van der Waals surface area contributed by atoms with E-state index in [4.69, 9.17) is 17.1 Å². The van der Waals surface area contributed by atoms with E-state index >= 15 is 0 Å². The monoisotopic (exact) mass is 511 g/mol. The Balaban J connectivity index is 0.000000186. The smallest absolute Gasteiger partial charge is 0.292 e. The third-order valence-corrected chi connectivity index (χ3v) is 5.10. The normalized spacial score (nSPS) is 10.1. The molecule has 3 heterocycles. The number of carbonyl (C=O) groups excluding carboxylic acids is 2. The Kier molecular flexibility index (Phi) is 7.79. The molecule has 0 saturated carbocycles. The van der Waals surface area contributed by atoms with Crippen molar-refractivity contribution in [1.29, 1.82) is 0 Å². The van der Waals surface area contributed by atoms with Gasteiger partial charge in [-0.25, -0.2) is 19.7 Å². The van der Waals surface area contributed by atoms with E-state index in [1.54, 1.807) is 37.5 Å². The summed E-state index contributed by atoms with van der Waals surface area (Å²) in [5.41, 5.74) is 8.95. The highest BCUT2D eigenvalue weighted by atomic mass is 35.5. The molecule has 2 N–H and O–H groups in total. The number of hydrogen-bond donors (Lipinski definition) is 2. The van der Waals surface area contributed by atoms with Crippen LogP contribution in [0.1, 0.15) is 16.2 Å². The van der Waals surface area contributed by atoms with Crippen molar-refractivity contribution in [3.05, 3.63) is 106 Å². The Morgan fingerprint density at radius 1 is 0.865 bits per heavy atom. The van der Waals surface area contributed by atoms with Crippen molar-refractivity contribution in [2.45, 2.75) is 6.92 Å². The number of azide groups is 1. The van der Waals surface area contributed by atoms with Gasteiger partial charge in [0.1, 0.15) is 16.7 Å². The molecule has 0 atom stereocenters. The van der Waals surface area contributed by atoms with Gasteiger partial charge in [0.2, 0.25) is 5.95 Å². The van der Waals surface area contributed by atoms with E-state index in [2.05, 4.69) is 40.6 Å². The highest BCUT2D eigenvalue weighted by Gasteiger charge is 2.08. The molecule has 3 aromatic heterocycles. The molecule has 0 fully saturated rings. The van der Waals surface area contributed by atoms with Gasteiger partial charge in [-0.15, -0.1) is 0 Å². The minimum absolute atomic E-state index is 0.142. The van der Waals surface area contributed by atoms with Crippen molar-refractivity contribution in [3.8, 4) is 0 Å². The van der Waals surface area contributed by atoms with Gasteiger partial charge in [-0.1, -0.05) is 60.1 Å². The predicted molar refractivity (Wildman–Crippen MR) is 141 cm³/mol. The Hall–Kier alpha value is -5.12. The van der Waals surface area contributed by atoms with E-state index in [1.165, 1.54) is 0 Å². The summed E-state index contributed by atoms with van der Waals surface area (Å²) in [6.45, 7) is 1.77. The lowest BCUT2D eigenvalue weighted by atomic mass is 10.1. The molecule has 11 nitrogen and oxygen atoms in total. The second-order valence-corrected chi connectivity index (χ2v) is 7.95. The number of urea groups is 1. The van der Waals surface area contributed by atoms with E-state index in [0.29, 0.717) is 11.5 Å². The van der Waals surface area contributed by atoms with Crippen molar-refractivity contribution in [2.24, 2.45) is 5.11 Å². The highest BCUT2D eigenvalue weighted by molar-refractivity contribution is 6.29. The van der Waals surface area contributed by atoms with Crippen LogP contribution in [-0.4, -0.2) is 31.9 Å². The van der Waals surface area contributed by atoms with Crippen LogP contribution in [-0.2, 0) is 0 Å². The minimum Gasteiger partial charge on any atom is -0.292 e. The summed E-state index contributed by atoms with van der Waals surface area (Å²) in [5, 5.41) is 12.2. The molecule has 3 amide bonds. The first-order valence-electron chi connectivity index (χ1n) is 10.8. The van der Waals surface area contributed by atoms with Crippen molar-refractivity contribution >= 4 is 56.9 Å². The van der Waals surface area contributed by atoms with Crippen LogP contribution in [0.4, 0.5) is 16.6 Å². The second kappa shape index (κ2) is 11.5. The molecular formula is C25H18ClN9O2. The number of hydrogen-bond acceptors (Lipinski definition) is 6. The number of rotatable bonds is 3. The summed E-state index contributed by atoms with van der Waals surface area (Å²) in [5.74, 6) is -0.0820. The van der Waals surface area contributed by atoms with Crippen LogP contribution in [0.2, 0.25) is 5.15 Å². The summed E-state index contributed by atoms with van der Waals surface area (Å²) < 4.78 is 0. The molecule has 0 unspecified atom stereocenters. The average Bonchev–Trinajstić information content (AvgIpc) is 2.88. The summed E-state index contributed by atoms with van der Waals surface area (Å²) in [6.07, 6.45) is 3.28. The maximum absolute atomic E-state index is 12.0. The third kappa shape index (κ3) is 6.73. The Morgan fingerprint density at radius 3 is 2.14 bits per heavy atom. The van der Waals surface area contributed by atoms with Crippen LogP contribution in [0, 0.1) is 6.92 Å². The van der Waals surface area contributed by atoms with E-state index in [9.17, 15) is 9.59 Å². The van der Waals surface area contributed by atoms with Gasteiger partial charge in [0.05, 0.1) is 0 Å². The van der Waals surface area contributed by atoms with Crippen molar-refractivity contribution in [1.82, 2.24) is 19.9 Å². The zero-order valence-electron chi connectivity index (χ0n) is 19.3. The predicted octanol–water partition coefficient (Wildman–Crippen LogP) is 6.32. The summed E-state index contributed by atoms with van der Waals surface area (Å²) >= 11 is 5.82. The minimum atomic E-state index is -0.664. The van der Waals surface area contributed by atoms with E-state index in [1.807, 2.05) is 48.5 Å². The van der Waals surface area contributed by atoms with E-state index in [0.717, 1.165) is 21.5 Å². The van der Waals surface area contributed by atoms with Gasteiger partial charge in [0.25, 0.3) is 5.91 Å². The molecule has 37 heavy (non-hydrogen) atoms. The fraction of sp³-hybridized carbons (Fsp3) is 0.0400. The summed E-state index contributed by atoms with van der Waals surface area (Å²) in [4.78, 5) is 41.7. The topological polar surface area (TPSA) is 159 Å². The lowest BCUT2D eigenvalue weighted by Crippen LogP contribution is -2.21. The molecule has 0 bridgehead atoms. The van der Waals surface area contributed by atoms with Gasteiger partial charge in [-0.05, 0) is 46.5 Å². The van der Waals surface area contributed by atoms with E-state index < -0.39 is 11.9 Å². The zero-order valence-corrected chi connectivity index (χ0v) is 20.1. The van der Waals surface area contributed by atoms with Crippen molar-refractivity contribution in [2.75, 3.05) is 10.6 Å². The average molecular weight is 512 g/mol. The number of halogens is 1. The fourth-order valence-corrected chi connectivity index (χ4v) is 3.52. The van der Waals surface area contributed by atoms with Crippen molar-refractivity contribution < 1.29 is 9.59 Å². The van der Waals surface area contributed by atoms with Crippen LogP contribution in [0.25, 0.3) is 32.0 Å². The Morgan fingerprint density at radius 2 is 1.49 bits per heavy atom. The molecule has 0 aliphatic heterocycles. The Labute approximate surface area is 215 Å². The van der Waals surface area contributed by atoms with Crippen LogP contribution < -0.4 is 10.6 Å². The van der Waals surface area contributed by atoms with Gasteiger partial charge < -0.3 is 0 Å². The lowest BCUT2D eigenvalue weighted by molar-refractivity contribution is 0.0996. The summed E-state index contributed by atoms with van der Waals surface area (Å²) in [7, 11) is 0. The first-order valence-corrected chi connectivity index (χ1v) is 11.2. The number of nitrogens with one attached hydrogen (secondary N) is 2. The zero-order chi connectivity index (χ0) is 26.2. The molecule has 5 rings (SSSR count). The van der Waals surface area contributed by atoms with Gasteiger partial charge in [0, 0.05) is 33.8 Å². The van der Waals surface area contributed by atoms with Gasteiger partial charge in [0.15, 0.2) is 0 Å². The third-order valence-electron chi connectivity index (χ3n) is 4.91. The van der Waals surface area contributed by atoms with Gasteiger partial charge >= 0.3 is 6.03 Å². The SMILES string of the molecule is Cc1cc(Cl)nc(NC(=O)Nc2cc3ccccc3cn2)n1.[N-]=[N+]=NC(=O)c1cc2ccccc2cn1. The maximum Gasteiger partial charge on any atom is 0.327 e. The number of aromatic nitrogens is 4. The van der Waals surface area contributed by atoms with E-state index in [-0.39, 0.29) is 16.8 Å². The molecule has 0 saturated heterocycles. The molecule has 2 aromatic carbocycles. The highest BCUT2D eigenvalue weighted by Crippen LogP contribution is 2.17. The number of amides is 3. The first-order chi connectivity index (χ1) is 17.9. The lowest BCUT2D eigenvalue weighted by Gasteiger charge is -2.07. The molecule has 0 aliphatic carbocycles. The van der Waals surface area contributed by atoms with Crippen LogP contribution in [0.5, 0.6) is 0 Å². The largest absolute Gasteiger partial charge is 0.327 e. The van der Waals surface area contributed by atoms with Crippen molar-refractivity contribution in [3.63, 3.8) is 0 Å².